The predicted octanol–water partition coefficient (Wildman–Crippen LogP) is 3.25. The number of likely N-dealkylation sites (tertiary alicyclic amines) is 1. The molecule has 0 saturated carbocycles. The number of hydrogen-bond acceptors (Lipinski definition) is 6. The van der Waals surface area contributed by atoms with Gasteiger partial charge in [-0.05, 0) is 25.0 Å². The van der Waals surface area contributed by atoms with E-state index in [4.69, 9.17) is 9.47 Å². The number of ether oxygens (including phenoxy) is 2. The van der Waals surface area contributed by atoms with Crippen molar-refractivity contribution in [3.05, 3.63) is 36.3 Å². The lowest BCUT2D eigenvalue weighted by Crippen LogP contribution is -2.32. The molecule has 0 radical (unpaired) electrons. The molecule has 2 aromatic rings. The van der Waals surface area contributed by atoms with E-state index >= 15 is 0 Å². The zero-order valence-electron chi connectivity index (χ0n) is 15.2. The highest BCUT2D eigenvalue weighted by Gasteiger charge is 2.18. The quantitative estimate of drug-likeness (QED) is 0.886. The molecule has 138 valence electrons. The van der Waals surface area contributed by atoms with E-state index in [-0.39, 0.29) is 5.91 Å². The van der Waals surface area contributed by atoms with Crippen molar-refractivity contribution in [2.75, 3.05) is 32.6 Å². The Morgan fingerprint density at radius 1 is 1.04 bits per heavy atom. The Balaban J connectivity index is 1.72. The van der Waals surface area contributed by atoms with Crippen LogP contribution >= 0.6 is 0 Å². The Morgan fingerprint density at radius 3 is 2.42 bits per heavy atom. The van der Waals surface area contributed by atoms with Gasteiger partial charge in [-0.15, -0.1) is 0 Å². The second-order valence-electron chi connectivity index (χ2n) is 6.18. The fourth-order valence-electron chi connectivity index (χ4n) is 2.99. The van der Waals surface area contributed by atoms with Crippen LogP contribution in [0.5, 0.6) is 11.5 Å². The first-order valence-electron chi connectivity index (χ1n) is 8.81. The van der Waals surface area contributed by atoms with Crippen LogP contribution in [0.15, 0.2) is 30.6 Å². The van der Waals surface area contributed by atoms with E-state index in [9.17, 15) is 4.79 Å². The molecule has 7 nitrogen and oxygen atoms in total. The van der Waals surface area contributed by atoms with E-state index in [0.29, 0.717) is 28.7 Å². The SMILES string of the molecule is COc1ccc(OC)c(Nc2cnc(C(=O)N3CCCCCC3)cn2)c1. The first-order valence-corrected chi connectivity index (χ1v) is 8.81. The number of aromatic nitrogens is 2. The summed E-state index contributed by atoms with van der Waals surface area (Å²) in [5, 5.41) is 3.15. The van der Waals surface area contributed by atoms with Gasteiger partial charge in [-0.1, -0.05) is 12.8 Å². The first kappa shape index (κ1) is 18.0. The van der Waals surface area contributed by atoms with E-state index in [2.05, 4.69) is 15.3 Å². The number of hydrogen-bond donors (Lipinski definition) is 1. The van der Waals surface area contributed by atoms with E-state index in [1.165, 1.54) is 19.0 Å². The van der Waals surface area contributed by atoms with Crippen LogP contribution in [0, 0.1) is 0 Å². The van der Waals surface area contributed by atoms with Crippen molar-refractivity contribution in [3.8, 4) is 11.5 Å². The molecule has 1 N–H and O–H groups in total. The van der Waals surface area contributed by atoms with E-state index in [0.717, 1.165) is 25.9 Å². The molecule has 1 aliphatic heterocycles. The lowest BCUT2D eigenvalue weighted by molar-refractivity contribution is 0.0755. The minimum Gasteiger partial charge on any atom is -0.497 e. The van der Waals surface area contributed by atoms with Gasteiger partial charge < -0.3 is 19.7 Å². The molecule has 0 unspecified atom stereocenters. The summed E-state index contributed by atoms with van der Waals surface area (Å²) in [6, 6.07) is 5.45. The number of methoxy groups -OCH3 is 2. The summed E-state index contributed by atoms with van der Waals surface area (Å²) >= 11 is 0. The maximum absolute atomic E-state index is 12.6. The Kier molecular flexibility index (Phi) is 5.88. The normalized spacial score (nSPS) is 14.5. The van der Waals surface area contributed by atoms with E-state index in [1.54, 1.807) is 20.4 Å². The van der Waals surface area contributed by atoms with Gasteiger partial charge in [0.2, 0.25) is 0 Å². The Bertz CT molecular complexity index is 741. The van der Waals surface area contributed by atoms with Crippen LogP contribution in [0.4, 0.5) is 11.5 Å². The molecule has 1 aromatic heterocycles. The molecule has 2 heterocycles. The highest BCUT2D eigenvalue weighted by atomic mass is 16.5. The first-order chi connectivity index (χ1) is 12.7. The van der Waals surface area contributed by atoms with Gasteiger partial charge in [0.25, 0.3) is 5.91 Å². The fraction of sp³-hybridized carbons (Fsp3) is 0.421. The van der Waals surface area contributed by atoms with Crippen LogP contribution in [-0.2, 0) is 0 Å². The number of nitrogens with one attached hydrogen (secondary N) is 1. The van der Waals surface area contributed by atoms with Crippen molar-refractivity contribution in [1.29, 1.82) is 0 Å². The molecule has 0 atom stereocenters. The number of benzene rings is 1. The molecule has 0 bridgehead atoms. The summed E-state index contributed by atoms with van der Waals surface area (Å²) in [7, 11) is 3.20. The zero-order valence-corrected chi connectivity index (χ0v) is 15.2. The third-order valence-electron chi connectivity index (χ3n) is 4.43. The van der Waals surface area contributed by atoms with Crippen molar-refractivity contribution in [2.45, 2.75) is 25.7 Å². The third kappa shape index (κ3) is 4.22. The maximum atomic E-state index is 12.6. The van der Waals surface area contributed by atoms with Gasteiger partial charge in [0.05, 0.1) is 32.3 Å². The zero-order chi connectivity index (χ0) is 18.4. The van der Waals surface area contributed by atoms with Crippen LogP contribution in [-0.4, -0.2) is 48.1 Å². The number of nitrogens with zero attached hydrogens (tertiary/aromatic N) is 3. The third-order valence-corrected chi connectivity index (χ3v) is 4.43. The van der Waals surface area contributed by atoms with Gasteiger partial charge in [-0.25, -0.2) is 9.97 Å². The minimum atomic E-state index is -0.0510. The number of amides is 1. The van der Waals surface area contributed by atoms with Gasteiger partial charge in [0.15, 0.2) is 0 Å². The van der Waals surface area contributed by atoms with Crippen molar-refractivity contribution in [2.24, 2.45) is 0 Å². The Hall–Kier alpha value is -2.83. The fourth-order valence-corrected chi connectivity index (χ4v) is 2.99. The molecule has 26 heavy (non-hydrogen) atoms. The van der Waals surface area contributed by atoms with E-state index < -0.39 is 0 Å². The highest BCUT2D eigenvalue weighted by Crippen LogP contribution is 2.30. The number of carbonyl (C=O) groups is 1. The van der Waals surface area contributed by atoms with Crippen LogP contribution in [0.2, 0.25) is 0 Å². The van der Waals surface area contributed by atoms with Gasteiger partial charge in [0.1, 0.15) is 23.0 Å². The molecular weight excluding hydrogens is 332 g/mol. The summed E-state index contributed by atoms with van der Waals surface area (Å²) in [4.78, 5) is 23.1. The van der Waals surface area contributed by atoms with Gasteiger partial charge in [-0.3, -0.25) is 4.79 Å². The van der Waals surface area contributed by atoms with Gasteiger partial charge in [0, 0.05) is 19.2 Å². The standard InChI is InChI=1S/C19H24N4O3/c1-25-14-7-8-17(26-2)15(11-14)22-18-13-20-16(12-21-18)19(24)23-9-5-3-4-6-10-23/h7-8,11-13H,3-6,9-10H2,1-2H3,(H,21,22). The summed E-state index contributed by atoms with van der Waals surface area (Å²) in [5.74, 6) is 1.85. The second kappa shape index (κ2) is 8.51. The van der Waals surface area contributed by atoms with Crippen LogP contribution < -0.4 is 14.8 Å². The monoisotopic (exact) mass is 356 g/mol. The summed E-state index contributed by atoms with van der Waals surface area (Å²) < 4.78 is 10.6. The lowest BCUT2D eigenvalue weighted by atomic mass is 10.2. The molecule has 3 rings (SSSR count). The molecule has 0 spiro atoms. The Morgan fingerprint density at radius 2 is 1.81 bits per heavy atom. The lowest BCUT2D eigenvalue weighted by Gasteiger charge is -2.19. The molecule has 1 amide bonds. The summed E-state index contributed by atoms with van der Waals surface area (Å²) in [6.45, 7) is 1.59. The number of anilines is 2. The maximum Gasteiger partial charge on any atom is 0.274 e. The summed E-state index contributed by atoms with van der Waals surface area (Å²) in [6.07, 6.45) is 7.54. The molecular formula is C19H24N4O3. The minimum absolute atomic E-state index is 0.0510. The van der Waals surface area contributed by atoms with Crippen LogP contribution in [0.1, 0.15) is 36.2 Å². The molecule has 7 heteroatoms. The topological polar surface area (TPSA) is 76.6 Å². The van der Waals surface area contributed by atoms with Gasteiger partial charge in [-0.2, -0.15) is 0 Å². The molecule has 0 aliphatic carbocycles. The molecule has 1 aromatic carbocycles. The smallest absolute Gasteiger partial charge is 0.274 e. The summed E-state index contributed by atoms with van der Waals surface area (Å²) in [5.41, 5.74) is 1.09. The Labute approximate surface area is 153 Å². The van der Waals surface area contributed by atoms with Crippen molar-refractivity contribution in [1.82, 2.24) is 14.9 Å². The van der Waals surface area contributed by atoms with E-state index in [1.807, 2.05) is 23.1 Å². The van der Waals surface area contributed by atoms with Crippen molar-refractivity contribution in [3.63, 3.8) is 0 Å². The number of rotatable bonds is 5. The predicted molar refractivity (Wildman–Crippen MR) is 99.2 cm³/mol. The van der Waals surface area contributed by atoms with Crippen LogP contribution in [0.3, 0.4) is 0 Å². The average molecular weight is 356 g/mol. The molecule has 1 fully saturated rings. The van der Waals surface area contributed by atoms with Crippen molar-refractivity contribution < 1.29 is 14.3 Å². The largest absolute Gasteiger partial charge is 0.497 e. The average Bonchev–Trinajstić information content (AvgIpc) is 2.97. The number of carbonyl (C=O) groups excluding carboxylic acids is 1. The molecule has 1 saturated heterocycles. The van der Waals surface area contributed by atoms with Gasteiger partial charge >= 0.3 is 0 Å². The highest BCUT2D eigenvalue weighted by molar-refractivity contribution is 5.92. The van der Waals surface area contributed by atoms with Crippen molar-refractivity contribution >= 4 is 17.4 Å². The second-order valence-corrected chi connectivity index (χ2v) is 6.18. The van der Waals surface area contributed by atoms with Crippen LogP contribution in [0.25, 0.3) is 0 Å². The molecule has 1 aliphatic rings.